The summed E-state index contributed by atoms with van der Waals surface area (Å²) in [4.78, 5) is 21.4. The van der Waals surface area contributed by atoms with Crippen molar-refractivity contribution in [2.75, 3.05) is 13.2 Å². The average molecular weight is 267 g/mol. The number of hydrogen-bond acceptors (Lipinski definition) is 5. The number of hydrogen-bond donors (Lipinski definition) is 1. The highest BCUT2D eigenvalue weighted by molar-refractivity contribution is 6.26. The van der Waals surface area contributed by atoms with Crippen molar-refractivity contribution >= 4 is 17.8 Å². The third kappa shape index (κ3) is 5.54. The molecule has 0 aromatic heterocycles. The van der Waals surface area contributed by atoms with Gasteiger partial charge in [0.15, 0.2) is 0 Å². The summed E-state index contributed by atoms with van der Waals surface area (Å²) in [5.41, 5.74) is 0.864. The Bertz CT molecular complexity index is 383. The van der Waals surface area contributed by atoms with Crippen molar-refractivity contribution in [3.63, 3.8) is 0 Å². The van der Waals surface area contributed by atoms with Crippen molar-refractivity contribution in [1.82, 2.24) is 5.32 Å². The van der Waals surface area contributed by atoms with Crippen molar-refractivity contribution in [3.05, 3.63) is 12.7 Å². The van der Waals surface area contributed by atoms with E-state index in [4.69, 9.17) is 9.68 Å². The Morgan fingerprint density at radius 1 is 1.68 bits per heavy atom. The van der Waals surface area contributed by atoms with Gasteiger partial charge in [-0.05, 0) is 0 Å². The van der Waals surface area contributed by atoms with Gasteiger partial charge in [0.25, 0.3) is 5.91 Å². The van der Waals surface area contributed by atoms with Crippen molar-refractivity contribution in [3.8, 4) is 0 Å². The maximum Gasteiger partial charge on any atom is 0.266 e. The van der Waals surface area contributed by atoms with Gasteiger partial charge in [-0.1, -0.05) is 43.7 Å². The molecule has 1 aliphatic rings. The van der Waals surface area contributed by atoms with Gasteiger partial charge in [-0.2, -0.15) is 0 Å². The minimum atomic E-state index is -0.328. The molecule has 0 bridgehead atoms. The first-order chi connectivity index (χ1) is 8.93. The Balaban J connectivity index is 2.25. The summed E-state index contributed by atoms with van der Waals surface area (Å²) in [6.45, 7) is 10.4. The molecule has 1 unspecified atom stereocenters. The van der Waals surface area contributed by atoms with E-state index in [1.165, 1.54) is 0 Å². The number of oxime groups is 2. The van der Waals surface area contributed by atoms with Gasteiger partial charge >= 0.3 is 0 Å². The second kappa shape index (κ2) is 6.92. The summed E-state index contributed by atoms with van der Waals surface area (Å²) in [6, 6.07) is 0. The zero-order valence-electron chi connectivity index (χ0n) is 11.7. The number of carbonyl (C=O) groups is 1. The molecule has 0 aromatic rings. The van der Waals surface area contributed by atoms with Crippen LogP contribution in [0.15, 0.2) is 23.0 Å². The molecular weight excluding hydrogens is 246 g/mol. The number of nitrogens with zero attached hydrogens (tertiary/aromatic N) is 2. The lowest BCUT2D eigenvalue weighted by Crippen LogP contribution is -2.32. The second-order valence-electron chi connectivity index (χ2n) is 5.36. The fraction of sp³-hybridized carbons (Fsp3) is 0.615. The molecule has 19 heavy (non-hydrogen) atoms. The molecule has 1 atom stereocenters. The number of amides is 1. The van der Waals surface area contributed by atoms with Crippen molar-refractivity contribution in [1.29, 1.82) is 0 Å². The van der Waals surface area contributed by atoms with Gasteiger partial charge in [0.05, 0.1) is 12.3 Å². The first kappa shape index (κ1) is 15.2. The lowest BCUT2D eigenvalue weighted by molar-refractivity contribution is -0.114. The molecule has 1 aliphatic heterocycles. The van der Waals surface area contributed by atoms with Gasteiger partial charge in [0, 0.05) is 11.8 Å². The fourth-order valence-corrected chi connectivity index (χ4v) is 1.41. The summed E-state index contributed by atoms with van der Waals surface area (Å²) in [5.74, 6) is -0.328. The second-order valence-corrected chi connectivity index (χ2v) is 5.36. The van der Waals surface area contributed by atoms with E-state index < -0.39 is 0 Å². The van der Waals surface area contributed by atoms with E-state index in [0.717, 1.165) is 18.3 Å². The quantitative estimate of drug-likeness (QED) is 0.343. The third-order valence-electron chi connectivity index (χ3n) is 2.60. The van der Waals surface area contributed by atoms with Crippen LogP contribution in [0, 0.1) is 5.41 Å². The number of nitrogens with one attached hydrogen (secondary N) is 1. The Kier molecular flexibility index (Phi) is 5.54. The zero-order valence-corrected chi connectivity index (χ0v) is 11.7. The molecule has 106 valence electrons. The van der Waals surface area contributed by atoms with E-state index in [0.29, 0.717) is 6.54 Å². The van der Waals surface area contributed by atoms with Gasteiger partial charge in [-0.25, -0.2) is 0 Å². The fourth-order valence-electron chi connectivity index (χ4n) is 1.41. The molecule has 0 saturated carbocycles. The van der Waals surface area contributed by atoms with Gasteiger partial charge < -0.3 is 15.0 Å². The van der Waals surface area contributed by atoms with E-state index in [1.807, 2.05) is 0 Å². The Hall–Kier alpha value is -1.85. The highest BCUT2D eigenvalue weighted by Gasteiger charge is 2.32. The largest absolute Gasteiger partial charge is 0.392 e. The minimum absolute atomic E-state index is 0.0369. The average Bonchev–Trinajstić information content (AvgIpc) is 2.81. The molecule has 0 aliphatic carbocycles. The van der Waals surface area contributed by atoms with Gasteiger partial charge in [0.2, 0.25) is 0 Å². The molecule has 1 amide bonds. The van der Waals surface area contributed by atoms with Crippen LogP contribution in [0.3, 0.4) is 0 Å². The zero-order chi connectivity index (χ0) is 14.3. The molecular formula is C13H21N3O3. The van der Waals surface area contributed by atoms with Crippen molar-refractivity contribution < 1.29 is 14.5 Å². The molecule has 0 spiro atoms. The topological polar surface area (TPSA) is 72.3 Å². The maximum absolute atomic E-state index is 11.4. The first-order valence-electron chi connectivity index (χ1n) is 6.19. The molecule has 1 rings (SSSR count). The lowest BCUT2D eigenvalue weighted by Gasteiger charge is -2.23. The van der Waals surface area contributed by atoms with Gasteiger partial charge in [-0.3, -0.25) is 4.79 Å². The SMILES string of the molecule is C=CCO/N=C/C(=O)NCC1=NOC(C(C)(C)C)C1. The van der Waals surface area contributed by atoms with E-state index in [1.54, 1.807) is 6.08 Å². The summed E-state index contributed by atoms with van der Waals surface area (Å²) < 4.78 is 0. The molecule has 0 radical (unpaired) electrons. The maximum atomic E-state index is 11.4. The Labute approximate surface area is 113 Å². The summed E-state index contributed by atoms with van der Waals surface area (Å²) >= 11 is 0. The Morgan fingerprint density at radius 3 is 3.00 bits per heavy atom. The van der Waals surface area contributed by atoms with Crippen LogP contribution < -0.4 is 5.32 Å². The van der Waals surface area contributed by atoms with Crippen LogP contribution in [-0.4, -0.2) is 37.1 Å². The standard InChI is InChI=1S/C13H21N3O3/c1-5-6-18-15-9-12(17)14-8-10-7-11(19-16-10)13(2,3)4/h5,9,11H,1,6-8H2,2-4H3,(H,14,17)/b15-9+. The smallest absolute Gasteiger partial charge is 0.266 e. The predicted octanol–water partition coefficient (Wildman–Crippen LogP) is 1.48. The van der Waals surface area contributed by atoms with E-state index in [9.17, 15) is 4.79 Å². The van der Waals surface area contributed by atoms with Crippen LogP contribution in [0.1, 0.15) is 27.2 Å². The van der Waals surface area contributed by atoms with Crippen molar-refractivity contribution in [2.24, 2.45) is 15.7 Å². The first-order valence-corrected chi connectivity index (χ1v) is 6.19. The van der Waals surface area contributed by atoms with Crippen LogP contribution in [-0.2, 0) is 14.5 Å². The molecule has 1 N–H and O–H groups in total. The number of carbonyl (C=O) groups excluding carboxylic acids is 1. The normalized spacial score (nSPS) is 18.9. The van der Waals surface area contributed by atoms with E-state index >= 15 is 0 Å². The summed E-state index contributed by atoms with van der Waals surface area (Å²) in [5, 5.41) is 10.1. The van der Waals surface area contributed by atoms with Crippen LogP contribution in [0.5, 0.6) is 0 Å². The molecule has 6 heteroatoms. The van der Waals surface area contributed by atoms with E-state index in [-0.39, 0.29) is 24.0 Å². The molecule has 6 nitrogen and oxygen atoms in total. The highest BCUT2D eigenvalue weighted by atomic mass is 16.6. The molecule has 0 aromatic carbocycles. The highest BCUT2D eigenvalue weighted by Crippen LogP contribution is 2.28. The van der Waals surface area contributed by atoms with Crippen LogP contribution in [0.2, 0.25) is 0 Å². The van der Waals surface area contributed by atoms with Crippen LogP contribution in [0.4, 0.5) is 0 Å². The lowest BCUT2D eigenvalue weighted by atomic mass is 9.86. The molecule has 1 heterocycles. The molecule has 0 saturated heterocycles. The minimum Gasteiger partial charge on any atom is -0.392 e. The monoisotopic (exact) mass is 267 g/mol. The Morgan fingerprint density at radius 2 is 2.42 bits per heavy atom. The third-order valence-corrected chi connectivity index (χ3v) is 2.60. The van der Waals surface area contributed by atoms with E-state index in [2.05, 4.69) is 43.0 Å². The molecule has 0 fully saturated rings. The summed E-state index contributed by atoms with van der Waals surface area (Å²) in [7, 11) is 0. The van der Waals surface area contributed by atoms with Crippen LogP contribution >= 0.6 is 0 Å². The predicted molar refractivity (Wildman–Crippen MR) is 74.0 cm³/mol. The van der Waals surface area contributed by atoms with Crippen molar-refractivity contribution in [2.45, 2.75) is 33.3 Å². The van der Waals surface area contributed by atoms with Crippen LogP contribution in [0.25, 0.3) is 0 Å². The van der Waals surface area contributed by atoms with Gasteiger partial charge in [0.1, 0.15) is 18.9 Å². The number of rotatable bonds is 6. The summed E-state index contributed by atoms with van der Waals surface area (Å²) in [6.07, 6.45) is 3.42. The van der Waals surface area contributed by atoms with Gasteiger partial charge in [-0.15, -0.1) is 0 Å².